The molecule has 0 atom stereocenters. The predicted molar refractivity (Wildman–Crippen MR) is 53.5 cm³/mol. The largest absolute Gasteiger partial charge is 0.368 e. The first-order valence-electron chi connectivity index (χ1n) is 4.48. The van der Waals surface area contributed by atoms with Crippen LogP contribution in [0.1, 0.15) is 0 Å². The minimum Gasteiger partial charge on any atom is -0.368 e. The lowest BCUT2D eigenvalue weighted by molar-refractivity contribution is 0.598. The minimum atomic E-state index is 0.346. The average Bonchev–Trinajstić information content (AvgIpc) is 2.76. The molecule has 0 aliphatic carbocycles. The normalized spacial score (nSPS) is 10.8. The third kappa shape index (κ3) is 1.79. The highest BCUT2D eigenvalue weighted by atomic mass is 15.4. The summed E-state index contributed by atoms with van der Waals surface area (Å²) in [5.74, 6) is 0.816. The molecule has 80 valence electrons. The van der Waals surface area contributed by atoms with Crippen LogP contribution < -0.4 is 11.5 Å². The van der Waals surface area contributed by atoms with E-state index in [0.29, 0.717) is 30.6 Å². The van der Waals surface area contributed by atoms with Gasteiger partial charge in [-0.2, -0.15) is 4.98 Å². The number of aryl methyl sites for hydroxylation is 1. The molecule has 2 rings (SSSR count). The summed E-state index contributed by atoms with van der Waals surface area (Å²) in [5, 5.41) is 11.9. The molecule has 0 amide bonds. The van der Waals surface area contributed by atoms with Gasteiger partial charge in [-0.05, 0) is 0 Å². The van der Waals surface area contributed by atoms with Gasteiger partial charge in [-0.1, -0.05) is 5.21 Å². The van der Waals surface area contributed by atoms with E-state index in [1.54, 1.807) is 17.9 Å². The first kappa shape index (κ1) is 9.59. The topological polar surface area (TPSA) is 113 Å². The van der Waals surface area contributed by atoms with Gasteiger partial charge in [-0.3, -0.25) is 4.68 Å². The number of aromatic nitrogens is 6. The molecule has 0 bridgehead atoms. The standard InChI is InChI=1S/C7H12N8/c1-14-7(9)10-6(12-14)5-4-15(3-2-8)13-11-5/h4H,2-3,8H2,1H3,(H2,9,10,12). The Morgan fingerprint density at radius 1 is 1.47 bits per heavy atom. The third-order valence-corrected chi connectivity index (χ3v) is 1.92. The minimum absolute atomic E-state index is 0.346. The van der Waals surface area contributed by atoms with E-state index in [1.165, 1.54) is 4.68 Å². The number of hydrogen-bond donors (Lipinski definition) is 2. The van der Waals surface area contributed by atoms with E-state index in [2.05, 4.69) is 20.4 Å². The molecule has 0 aliphatic rings. The van der Waals surface area contributed by atoms with E-state index in [-0.39, 0.29) is 0 Å². The Labute approximate surface area is 85.9 Å². The summed E-state index contributed by atoms with van der Waals surface area (Å²) in [6, 6.07) is 0. The van der Waals surface area contributed by atoms with Crippen LogP contribution >= 0.6 is 0 Å². The predicted octanol–water partition coefficient (Wildman–Crippen LogP) is -1.39. The fourth-order valence-corrected chi connectivity index (χ4v) is 1.15. The van der Waals surface area contributed by atoms with Crippen molar-refractivity contribution in [1.29, 1.82) is 0 Å². The van der Waals surface area contributed by atoms with Crippen molar-refractivity contribution >= 4 is 5.95 Å². The van der Waals surface area contributed by atoms with Crippen LogP contribution in [0.2, 0.25) is 0 Å². The molecule has 8 nitrogen and oxygen atoms in total. The first-order chi connectivity index (χ1) is 7.20. The van der Waals surface area contributed by atoms with Gasteiger partial charge >= 0.3 is 0 Å². The van der Waals surface area contributed by atoms with E-state index in [0.717, 1.165) is 0 Å². The number of nitrogens with zero attached hydrogens (tertiary/aromatic N) is 6. The van der Waals surface area contributed by atoms with Crippen molar-refractivity contribution < 1.29 is 0 Å². The van der Waals surface area contributed by atoms with Crippen LogP contribution in [0, 0.1) is 0 Å². The lowest BCUT2D eigenvalue weighted by atomic mass is 10.4. The number of hydrogen-bond acceptors (Lipinski definition) is 6. The number of nitrogen functional groups attached to an aromatic ring is 1. The summed E-state index contributed by atoms with van der Waals surface area (Å²) in [5.41, 5.74) is 11.5. The van der Waals surface area contributed by atoms with Crippen LogP contribution in [0.4, 0.5) is 5.95 Å². The smallest absolute Gasteiger partial charge is 0.218 e. The molecule has 0 aromatic carbocycles. The summed E-state index contributed by atoms with van der Waals surface area (Å²) in [6.07, 6.45) is 1.74. The fourth-order valence-electron chi connectivity index (χ4n) is 1.15. The van der Waals surface area contributed by atoms with Crippen LogP contribution in [0.5, 0.6) is 0 Å². The molecule has 4 N–H and O–H groups in total. The fraction of sp³-hybridized carbons (Fsp3) is 0.429. The maximum Gasteiger partial charge on any atom is 0.218 e. The van der Waals surface area contributed by atoms with Crippen molar-refractivity contribution in [1.82, 2.24) is 29.8 Å². The summed E-state index contributed by atoms with van der Waals surface area (Å²) < 4.78 is 3.12. The van der Waals surface area contributed by atoms with Crippen LogP contribution in [-0.4, -0.2) is 36.3 Å². The number of nitrogens with two attached hydrogens (primary N) is 2. The molecule has 0 unspecified atom stereocenters. The molecule has 0 aliphatic heterocycles. The van der Waals surface area contributed by atoms with Gasteiger partial charge in [0.25, 0.3) is 0 Å². The third-order valence-electron chi connectivity index (χ3n) is 1.92. The van der Waals surface area contributed by atoms with Gasteiger partial charge in [-0.25, -0.2) is 4.68 Å². The van der Waals surface area contributed by atoms with Gasteiger partial charge in [0.2, 0.25) is 11.8 Å². The average molecular weight is 208 g/mol. The van der Waals surface area contributed by atoms with Gasteiger partial charge in [0.1, 0.15) is 0 Å². The summed E-state index contributed by atoms with van der Waals surface area (Å²) in [4.78, 5) is 4.04. The van der Waals surface area contributed by atoms with Crippen molar-refractivity contribution in [3.05, 3.63) is 6.20 Å². The summed E-state index contributed by atoms with van der Waals surface area (Å²) >= 11 is 0. The van der Waals surface area contributed by atoms with E-state index < -0.39 is 0 Å². The molecular formula is C7H12N8. The van der Waals surface area contributed by atoms with Crippen LogP contribution in [0.15, 0.2) is 6.20 Å². The first-order valence-corrected chi connectivity index (χ1v) is 4.48. The molecule has 8 heteroatoms. The molecule has 0 radical (unpaired) electrons. The van der Waals surface area contributed by atoms with Crippen molar-refractivity contribution in [2.75, 3.05) is 12.3 Å². The zero-order valence-electron chi connectivity index (χ0n) is 8.33. The second-order valence-electron chi connectivity index (χ2n) is 3.07. The van der Waals surface area contributed by atoms with Crippen LogP contribution in [0.3, 0.4) is 0 Å². The van der Waals surface area contributed by atoms with Crippen molar-refractivity contribution in [3.63, 3.8) is 0 Å². The molecule has 2 aromatic heterocycles. The Bertz CT molecular complexity index is 436. The summed E-state index contributed by atoms with van der Waals surface area (Å²) in [7, 11) is 1.72. The summed E-state index contributed by atoms with van der Waals surface area (Å²) in [6.45, 7) is 1.13. The molecule has 2 aromatic rings. The highest BCUT2D eigenvalue weighted by Crippen LogP contribution is 2.11. The highest BCUT2D eigenvalue weighted by molar-refractivity contribution is 5.48. The zero-order valence-corrected chi connectivity index (χ0v) is 8.33. The molecule has 15 heavy (non-hydrogen) atoms. The molecule has 0 saturated carbocycles. The Kier molecular flexibility index (Phi) is 2.34. The Balaban J connectivity index is 2.28. The van der Waals surface area contributed by atoms with Crippen molar-refractivity contribution in [3.8, 4) is 11.5 Å². The van der Waals surface area contributed by atoms with Gasteiger partial charge in [0.15, 0.2) is 5.69 Å². The van der Waals surface area contributed by atoms with E-state index in [9.17, 15) is 0 Å². The van der Waals surface area contributed by atoms with Crippen LogP contribution in [-0.2, 0) is 13.6 Å². The second-order valence-corrected chi connectivity index (χ2v) is 3.07. The maximum absolute atomic E-state index is 5.56. The van der Waals surface area contributed by atoms with E-state index >= 15 is 0 Å². The van der Waals surface area contributed by atoms with Crippen molar-refractivity contribution in [2.24, 2.45) is 12.8 Å². The Morgan fingerprint density at radius 3 is 2.87 bits per heavy atom. The monoisotopic (exact) mass is 208 g/mol. The molecule has 0 saturated heterocycles. The van der Waals surface area contributed by atoms with Gasteiger partial charge < -0.3 is 11.5 Å². The van der Waals surface area contributed by atoms with Crippen molar-refractivity contribution in [2.45, 2.75) is 6.54 Å². The molecular weight excluding hydrogens is 196 g/mol. The number of anilines is 1. The van der Waals surface area contributed by atoms with E-state index in [4.69, 9.17) is 11.5 Å². The Hall–Kier alpha value is -1.96. The van der Waals surface area contributed by atoms with Gasteiger partial charge in [-0.15, -0.1) is 10.2 Å². The highest BCUT2D eigenvalue weighted by Gasteiger charge is 2.10. The van der Waals surface area contributed by atoms with E-state index in [1.807, 2.05) is 0 Å². The lowest BCUT2D eigenvalue weighted by Gasteiger charge is -1.91. The second kappa shape index (κ2) is 3.65. The zero-order chi connectivity index (χ0) is 10.8. The lowest BCUT2D eigenvalue weighted by Crippen LogP contribution is -2.10. The molecule has 0 spiro atoms. The maximum atomic E-state index is 5.56. The van der Waals surface area contributed by atoms with Crippen LogP contribution in [0.25, 0.3) is 11.5 Å². The van der Waals surface area contributed by atoms with Gasteiger partial charge in [0.05, 0.1) is 12.7 Å². The number of rotatable bonds is 3. The SMILES string of the molecule is Cn1nc(-c2cn(CCN)nn2)nc1N. The quantitative estimate of drug-likeness (QED) is 0.642. The Morgan fingerprint density at radius 2 is 2.27 bits per heavy atom. The molecule has 0 fully saturated rings. The van der Waals surface area contributed by atoms with Gasteiger partial charge in [0, 0.05) is 13.6 Å². The molecule has 2 heterocycles.